The molecular weight excluding hydrogens is 512 g/mol. The minimum absolute atomic E-state index is 0.174. The monoisotopic (exact) mass is 533 g/mol. The van der Waals surface area contributed by atoms with E-state index >= 15 is 0 Å². The standard InChI is InChI=1S/C21H22Cl2NO7PS/c1-4-28-32(26,29-5-2)12-27-20(25)13(3)30-15-6-8-16(9-7-15)31-21-24-19-17(23)10-14(22)11-18(19)33-21/h6-11,13H,4-5,12H2,1-3H3/t13-/m1/s1. The molecule has 2 aromatic carbocycles. The van der Waals surface area contributed by atoms with Crippen molar-refractivity contribution in [2.45, 2.75) is 26.9 Å². The quantitative estimate of drug-likeness (QED) is 0.193. The first-order valence-electron chi connectivity index (χ1n) is 9.98. The first kappa shape index (κ1) is 25.7. The zero-order valence-electron chi connectivity index (χ0n) is 18.1. The van der Waals surface area contributed by atoms with Crippen LogP contribution in [0.5, 0.6) is 16.7 Å². The molecule has 3 rings (SSSR count). The summed E-state index contributed by atoms with van der Waals surface area (Å²) in [7, 11) is -3.49. The summed E-state index contributed by atoms with van der Waals surface area (Å²) >= 11 is 13.5. The molecule has 0 radical (unpaired) electrons. The van der Waals surface area contributed by atoms with E-state index in [0.717, 1.165) is 4.70 Å². The second kappa shape index (κ2) is 11.5. The highest BCUT2D eigenvalue weighted by Crippen LogP contribution is 2.48. The molecule has 178 valence electrons. The van der Waals surface area contributed by atoms with Crippen molar-refractivity contribution in [1.82, 2.24) is 4.98 Å². The van der Waals surface area contributed by atoms with Crippen LogP contribution in [0, 0.1) is 0 Å². The van der Waals surface area contributed by atoms with Gasteiger partial charge in [-0.25, -0.2) is 9.78 Å². The second-order valence-corrected chi connectivity index (χ2v) is 10.4. The van der Waals surface area contributed by atoms with Gasteiger partial charge in [-0.2, -0.15) is 0 Å². The summed E-state index contributed by atoms with van der Waals surface area (Å²) in [5.74, 6) is 0.247. The van der Waals surface area contributed by atoms with Crippen molar-refractivity contribution in [3.8, 4) is 16.7 Å². The highest BCUT2D eigenvalue weighted by molar-refractivity contribution is 7.53. The topological polar surface area (TPSA) is 93.2 Å². The number of esters is 1. The Labute approximate surface area is 205 Å². The Hall–Kier alpha value is -1.87. The minimum atomic E-state index is -3.49. The van der Waals surface area contributed by atoms with Gasteiger partial charge in [-0.05, 0) is 57.2 Å². The lowest BCUT2D eigenvalue weighted by Crippen LogP contribution is -2.26. The fourth-order valence-corrected chi connectivity index (χ4v) is 5.54. The molecule has 0 amide bonds. The van der Waals surface area contributed by atoms with Crippen LogP contribution < -0.4 is 9.47 Å². The summed E-state index contributed by atoms with van der Waals surface area (Å²) in [5, 5.41) is 1.38. The third kappa shape index (κ3) is 7.06. The van der Waals surface area contributed by atoms with Crippen LogP contribution in [-0.2, 0) is 23.1 Å². The van der Waals surface area contributed by atoms with Gasteiger partial charge in [0, 0.05) is 5.02 Å². The molecule has 0 aliphatic carbocycles. The molecule has 0 fully saturated rings. The van der Waals surface area contributed by atoms with Crippen molar-refractivity contribution in [3.05, 3.63) is 46.4 Å². The third-order valence-corrected chi connectivity index (χ3v) is 7.22. The number of hydrogen-bond donors (Lipinski definition) is 0. The van der Waals surface area contributed by atoms with Gasteiger partial charge in [-0.15, -0.1) is 0 Å². The van der Waals surface area contributed by atoms with Crippen LogP contribution in [0.1, 0.15) is 20.8 Å². The molecule has 0 unspecified atom stereocenters. The summed E-state index contributed by atoms with van der Waals surface area (Å²) in [4.78, 5) is 16.6. The third-order valence-electron chi connectivity index (χ3n) is 4.08. The largest absolute Gasteiger partial charge is 0.479 e. The number of ether oxygens (including phenoxy) is 3. The lowest BCUT2D eigenvalue weighted by molar-refractivity contribution is -0.149. The predicted octanol–water partition coefficient (Wildman–Crippen LogP) is 6.93. The Balaban J connectivity index is 1.57. The van der Waals surface area contributed by atoms with Crippen molar-refractivity contribution in [2.75, 3.05) is 19.6 Å². The van der Waals surface area contributed by atoms with Crippen LogP contribution >= 0.6 is 42.1 Å². The van der Waals surface area contributed by atoms with Gasteiger partial charge in [0.05, 0.1) is 22.9 Å². The van der Waals surface area contributed by atoms with Crippen molar-refractivity contribution in [3.63, 3.8) is 0 Å². The maximum absolute atomic E-state index is 12.4. The zero-order chi connectivity index (χ0) is 24.0. The molecular formula is C21H22Cl2NO7PS. The van der Waals surface area contributed by atoms with Crippen LogP contribution in [0.2, 0.25) is 10.0 Å². The van der Waals surface area contributed by atoms with E-state index in [2.05, 4.69) is 4.98 Å². The molecule has 0 saturated heterocycles. The molecule has 8 nitrogen and oxygen atoms in total. The Bertz CT molecular complexity index is 1150. The van der Waals surface area contributed by atoms with E-state index < -0.39 is 26.0 Å². The number of halogens is 2. The molecule has 0 spiro atoms. The van der Waals surface area contributed by atoms with Crippen molar-refractivity contribution >= 4 is 58.3 Å². The summed E-state index contributed by atoms with van der Waals surface area (Å²) in [6.45, 7) is 5.22. The molecule has 1 aromatic heterocycles. The normalized spacial score (nSPS) is 12.5. The Morgan fingerprint density at radius 2 is 1.73 bits per heavy atom. The van der Waals surface area contributed by atoms with Gasteiger partial charge in [-0.1, -0.05) is 34.5 Å². The number of aromatic nitrogens is 1. The lowest BCUT2D eigenvalue weighted by atomic mass is 10.3. The Morgan fingerprint density at radius 1 is 1.09 bits per heavy atom. The van der Waals surface area contributed by atoms with Gasteiger partial charge in [0.25, 0.3) is 5.19 Å². The Morgan fingerprint density at radius 3 is 2.36 bits per heavy atom. The van der Waals surface area contributed by atoms with Crippen LogP contribution in [0.4, 0.5) is 0 Å². The highest BCUT2D eigenvalue weighted by Gasteiger charge is 2.28. The lowest BCUT2D eigenvalue weighted by Gasteiger charge is -2.18. The molecule has 12 heteroatoms. The molecule has 33 heavy (non-hydrogen) atoms. The van der Waals surface area contributed by atoms with E-state index in [9.17, 15) is 9.36 Å². The maximum Gasteiger partial charge on any atom is 0.367 e. The zero-order valence-corrected chi connectivity index (χ0v) is 21.3. The van der Waals surface area contributed by atoms with Gasteiger partial charge < -0.3 is 23.3 Å². The fraction of sp³-hybridized carbons (Fsp3) is 0.333. The van der Waals surface area contributed by atoms with Crippen LogP contribution in [0.15, 0.2) is 36.4 Å². The summed E-state index contributed by atoms with van der Waals surface area (Å²) in [6.07, 6.45) is -1.42. The fourth-order valence-electron chi connectivity index (χ4n) is 2.69. The number of thiazole rings is 1. The summed E-state index contributed by atoms with van der Waals surface area (Å²) in [5.41, 5.74) is 0.617. The van der Waals surface area contributed by atoms with E-state index in [0.29, 0.717) is 32.3 Å². The summed E-state index contributed by atoms with van der Waals surface area (Å²) < 4.78 is 39.8. The van der Waals surface area contributed by atoms with Crippen molar-refractivity contribution in [2.24, 2.45) is 0 Å². The molecule has 0 saturated carbocycles. The molecule has 1 heterocycles. The van der Waals surface area contributed by atoms with Crippen molar-refractivity contribution in [1.29, 1.82) is 0 Å². The van der Waals surface area contributed by atoms with E-state index in [1.54, 1.807) is 50.2 Å². The van der Waals surface area contributed by atoms with Crippen molar-refractivity contribution < 1.29 is 32.6 Å². The first-order chi connectivity index (χ1) is 15.7. The molecule has 0 N–H and O–H groups in total. The number of benzene rings is 2. The van der Waals surface area contributed by atoms with E-state index in [1.807, 2.05) is 0 Å². The number of carbonyl (C=O) groups excluding carboxylic acids is 1. The number of rotatable bonds is 11. The minimum Gasteiger partial charge on any atom is -0.479 e. The second-order valence-electron chi connectivity index (χ2n) is 6.59. The van der Waals surface area contributed by atoms with Crippen LogP contribution in [0.3, 0.4) is 0 Å². The number of hydrogen-bond acceptors (Lipinski definition) is 9. The van der Waals surface area contributed by atoms with Crippen LogP contribution in [0.25, 0.3) is 10.2 Å². The molecule has 1 atom stereocenters. The molecule has 0 aliphatic rings. The maximum atomic E-state index is 12.4. The van der Waals surface area contributed by atoms with Gasteiger partial charge in [0.15, 0.2) is 12.5 Å². The Kier molecular flexibility index (Phi) is 8.98. The van der Waals surface area contributed by atoms with Crippen LogP contribution in [-0.4, -0.2) is 36.6 Å². The van der Waals surface area contributed by atoms with Gasteiger partial charge in [-0.3, -0.25) is 4.57 Å². The van der Waals surface area contributed by atoms with Gasteiger partial charge in [0.2, 0.25) is 0 Å². The van der Waals surface area contributed by atoms with Gasteiger partial charge in [0.1, 0.15) is 17.0 Å². The van der Waals surface area contributed by atoms with E-state index in [-0.39, 0.29) is 13.2 Å². The molecule has 3 aromatic rings. The molecule has 0 aliphatic heterocycles. The number of nitrogens with zero attached hydrogens (tertiary/aromatic N) is 1. The smallest absolute Gasteiger partial charge is 0.367 e. The SMILES string of the molecule is CCOP(=O)(COC(=O)[C@@H](C)Oc1ccc(Oc2nc3c(Cl)cc(Cl)cc3s2)cc1)OCC. The summed E-state index contributed by atoms with van der Waals surface area (Å²) in [6, 6.07) is 10.0. The number of carbonyl (C=O) groups is 1. The average molecular weight is 534 g/mol. The number of fused-ring (bicyclic) bond motifs is 1. The predicted molar refractivity (Wildman–Crippen MR) is 128 cm³/mol. The highest BCUT2D eigenvalue weighted by atomic mass is 35.5. The first-order valence-corrected chi connectivity index (χ1v) is 13.3. The van der Waals surface area contributed by atoms with E-state index in [4.69, 9.17) is 46.5 Å². The average Bonchev–Trinajstić information content (AvgIpc) is 3.16. The van der Waals surface area contributed by atoms with E-state index in [1.165, 1.54) is 18.3 Å². The van der Waals surface area contributed by atoms with Gasteiger partial charge >= 0.3 is 13.6 Å². The molecule has 0 bridgehead atoms.